The fourth-order valence-electron chi connectivity index (χ4n) is 2.39. The molecule has 0 fully saturated rings. The van der Waals surface area contributed by atoms with E-state index in [0.717, 1.165) is 23.2 Å². The predicted octanol–water partition coefficient (Wildman–Crippen LogP) is 2.28. The lowest BCUT2D eigenvalue weighted by atomic mass is 9.96. The summed E-state index contributed by atoms with van der Waals surface area (Å²) in [5, 5.41) is 0. The lowest BCUT2D eigenvalue weighted by Crippen LogP contribution is -2.33. The molecule has 0 radical (unpaired) electrons. The van der Waals surface area contributed by atoms with Gasteiger partial charge in [0.25, 0.3) is 0 Å². The molecule has 1 aromatic heterocycles. The number of aromatic nitrogens is 2. The predicted molar refractivity (Wildman–Crippen MR) is 77.9 cm³/mol. The molecule has 3 N–H and O–H groups in total. The van der Waals surface area contributed by atoms with Crippen molar-refractivity contribution in [1.29, 1.82) is 0 Å². The number of nitrogens with zero attached hydrogens (tertiary/aromatic N) is 2. The number of rotatable bonds is 2. The van der Waals surface area contributed by atoms with Crippen LogP contribution in [-0.2, 0) is 17.8 Å². The van der Waals surface area contributed by atoms with Crippen molar-refractivity contribution in [2.75, 3.05) is 5.43 Å². The first-order valence-corrected chi connectivity index (χ1v) is 6.65. The maximum atomic E-state index is 5.80. The SMILES string of the molecule is CC1(C)Cc2nc(-c3ccccc3)nc(NN)c2CO1. The van der Waals surface area contributed by atoms with Crippen LogP contribution in [0.2, 0.25) is 0 Å². The summed E-state index contributed by atoms with van der Waals surface area (Å²) in [7, 11) is 0. The van der Waals surface area contributed by atoms with Crippen LogP contribution in [0.4, 0.5) is 5.82 Å². The van der Waals surface area contributed by atoms with Crippen molar-refractivity contribution < 1.29 is 4.74 Å². The minimum absolute atomic E-state index is 0.207. The van der Waals surface area contributed by atoms with Gasteiger partial charge in [-0.15, -0.1) is 0 Å². The van der Waals surface area contributed by atoms with Crippen LogP contribution in [0.25, 0.3) is 11.4 Å². The summed E-state index contributed by atoms with van der Waals surface area (Å²) in [5.41, 5.74) is 5.39. The summed E-state index contributed by atoms with van der Waals surface area (Å²) in [6.07, 6.45) is 0.749. The summed E-state index contributed by atoms with van der Waals surface area (Å²) in [6, 6.07) is 9.90. The first kappa shape index (κ1) is 13.0. The Hall–Kier alpha value is -1.98. The molecule has 5 nitrogen and oxygen atoms in total. The average molecular weight is 270 g/mol. The molecule has 0 aliphatic carbocycles. The number of nitrogen functional groups attached to an aromatic ring is 1. The second kappa shape index (κ2) is 4.85. The fourth-order valence-corrected chi connectivity index (χ4v) is 2.39. The number of benzene rings is 1. The highest BCUT2D eigenvalue weighted by molar-refractivity contribution is 5.59. The summed E-state index contributed by atoms with van der Waals surface area (Å²) < 4.78 is 5.80. The molecule has 0 spiro atoms. The molecule has 1 aromatic carbocycles. The molecule has 2 aromatic rings. The van der Waals surface area contributed by atoms with Gasteiger partial charge in [0.1, 0.15) is 5.82 Å². The van der Waals surface area contributed by atoms with Gasteiger partial charge in [0.15, 0.2) is 5.82 Å². The zero-order valence-corrected chi connectivity index (χ0v) is 11.7. The number of hydrazine groups is 1. The van der Waals surface area contributed by atoms with Crippen molar-refractivity contribution in [2.24, 2.45) is 5.84 Å². The van der Waals surface area contributed by atoms with Crippen LogP contribution >= 0.6 is 0 Å². The number of nitrogens with two attached hydrogens (primary N) is 1. The van der Waals surface area contributed by atoms with E-state index in [9.17, 15) is 0 Å². The highest BCUT2D eigenvalue weighted by Gasteiger charge is 2.29. The Morgan fingerprint density at radius 1 is 1.20 bits per heavy atom. The van der Waals surface area contributed by atoms with Gasteiger partial charge in [-0.2, -0.15) is 0 Å². The molecule has 5 heteroatoms. The molecule has 0 saturated carbocycles. The van der Waals surface area contributed by atoms with Crippen LogP contribution in [0.1, 0.15) is 25.1 Å². The van der Waals surface area contributed by atoms with Gasteiger partial charge >= 0.3 is 0 Å². The van der Waals surface area contributed by atoms with Gasteiger partial charge in [-0.1, -0.05) is 30.3 Å². The zero-order valence-electron chi connectivity index (χ0n) is 11.7. The Kier molecular flexibility index (Phi) is 3.16. The number of hydrogen-bond acceptors (Lipinski definition) is 5. The number of fused-ring (bicyclic) bond motifs is 1. The summed E-state index contributed by atoms with van der Waals surface area (Å²) in [6.45, 7) is 4.61. The Labute approximate surface area is 118 Å². The maximum Gasteiger partial charge on any atom is 0.161 e. The largest absolute Gasteiger partial charge is 0.370 e. The van der Waals surface area contributed by atoms with E-state index in [0.29, 0.717) is 18.2 Å². The summed E-state index contributed by atoms with van der Waals surface area (Å²) >= 11 is 0. The molecule has 0 amide bonds. The summed E-state index contributed by atoms with van der Waals surface area (Å²) in [4.78, 5) is 9.20. The van der Waals surface area contributed by atoms with Gasteiger partial charge in [-0.3, -0.25) is 0 Å². The molecular weight excluding hydrogens is 252 g/mol. The molecule has 3 rings (SSSR count). The Morgan fingerprint density at radius 2 is 1.95 bits per heavy atom. The second-order valence-corrected chi connectivity index (χ2v) is 5.56. The highest BCUT2D eigenvalue weighted by atomic mass is 16.5. The summed E-state index contributed by atoms with van der Waals surface area (Å²) in [5.74, 6) is 6.93. The van der Waals surface area contributed by atoms with Gasteiger partial charge in [0, 0.05) is 17.5 Å². The number of hydrogen-bond donors (Lipinski definition) is 2. The zero-order chi connectivity index (χ0) is 14.2. The molecule has 104 valence electrons. The third-order valence-electron chi connectivity index (χ3n) is 3.46. The van der Waals surface area contributed by atoms with Gasteiger partial charge in [-0.25, -0.2) is 15.8 Å². The van der Waals surface area contributed by atoms with Crippen molar-refractivity contribution in [2.45, 2.75) is 32.5 Å². The highest BCUT2D eigenvalue weighted by Crippen LogP contribution is 2.31. The van der Waals surface area contributed by atoms with Crippen LogP contribution in [0.15, 0.2) is 30.3 Å². The Morgan fingerprint density at radius 3 is 2.65 bits per heavy atom. The lowest BCUT2D eigenvalue weighted by Gasteiger charge is -2.31. The molecule has 0 unspecified atom stereocenters. The van der Waals surface area contributed by atoms with E-state index in [1.165, 1.54) is 0 Å². The molecule has 0 atom stereocenters. The standard InChI is InChI=1S/C15H18N4O/c1-15(2)8-12-11(9-20-15)14(19-16)18-13(17-12)10-6-4-3-5-7-10/h3-7H,8-9,16H2,1-2H3,(H,17,18,19). The van der Waals surface area contributed by atoms with Gasteiger partial charge in [0.2, 0.25) is 0 Å². The molecular formula is C15H18N4O. The van der Waals surface area contributed by atoms with Crippen LogP contribution in [-0.4, -0.2) is 15.6 Å². The van der Waals surface area contributed by atoms with Crippen molar-refractivity contribution in [3.63, 3.8) is 0 Å². The van der Waals surface area contributed by atoms with Crippen LogP contribution in [0.5, 0.6) is 0 Å². The van der Waals surface area contributed by atoms with E-state index in [1.807, 2.05) is 30.3 Å². The van der Waals surface area contributed by atoms with Crippen molar-refractivity contribution in [3.05, 3.63) is 41.6 Å². The topological polar surface area (TPSA) is 73.1 Å². The number of nitrogens with one attached hydrogen (secondary N) is 1. The Balaban J connectivity index is 2.11. The van der Waals surface area contributed by atoms with E-state index in [1.54, 1.807) is 0 Å². The van der Waals surface area contributed by atoms with Crippen LogP contribution in [0.3, 0.4) is 0 Å². The molecule has 2 heterocycles. The number of anilines is 1. The Bertz CT molecular complexity index is 625. The molecule has 1 aliphatic heterocycles. The fraction of sp³-hybridized carbons (Fsp3) is 0.333. The van der Waals surface area contributed by atoms with Gasteiger partial charge in [-0.05, 0) is 13.8 Å². The van der Waals surface area contributed by atoms with Crippen LogP contribution in [0, 0.1) is 0 Å². The monoisotopic (exact) mass is 270 g/mol. The second-order valence-electron chi connectivity index (χ2n) is 5.56. The quantitative estimate of drug-likeness (QED) is 0.647. The average Bonchev–Trinajstić information content (AvgIpc) is 2.45. The van der Waals surface area contributed by atoms with Gasteiger partial charge in [0.05, 0.1) is 17.9 Å². The maximum absolute atomic E-state index is 5.80. The molecule has 1 aliphatic rings. The van der Waals surface area contributed by atoms with Crippen molar-refractivity contribution in [3.8, 4) is 11.4 Å². The first-order chi connectivity index (χ1) is 9.59. The van der Waals surface area contributed by atoms with E-state index in [-0.39, 0.29) is 5.60 Å². The van der Waals surface area contributed by atoms with E-state index < -0.39 is 0 Å². The minimum atomic E-state index is -0.207. The molecule has 20 heavy (non-hydrogen) atoms. The smallest absolute Gasteiger partial charge is 0.161 e. The third kappa shape index (κ3) is 2.37. The molecule has 0 bridgehead atoms. The van der Waals surface area contributed by atoms with E-state index in [2.05, 4.69) is 24.3 Å². The van der Waals surface area contributed by atoms with Crippen molar-refractivity contribution in [1.82, 2.24) is 9.97 Å². The third-order valence-corrected chi connectivity index (χ3v) is 3.46. The minimum Gasteiger partial charge on any atom is -0.370 e. The first-order valence-electron chi connectivity index (χ1n) is 6.65. The normalized spacial score (nSPS) is 16.6. The number of ether oxygens (including phenoxy) is 1. The lowest BCUT2D eigenvalue weighted by molar-refractivity contribution is -0.0411. The van der Waals surface area contributed by atoms with E-state index >= 15 is 0 Å². The molecule has 0 saturated heterocycles. The van der Waals surface area contributed by atoms with Gasteiger partial charge < -0.3 is 10.2 Å². The van der Waals surface area contributed by atoms with Crippen molar-refractivity contribution >= 4 is 5.82 Å². The van der Waals surface area contributed by atoms with E-state index in [4.69, 9.17) is 15.6 Å². The van der Waals surface area contributed by atoms with Crippen LogP contribution < -0.4 is 11.3 Å².